The van der Waals surface area contributed by atoms with Crippen LogP contribution in [0.4, 0.5) is 0 Å². The number of thiocarbonyl (C=S) groups is 1. The number of aryl methyl sites for hydroxylation is 2. The predicted molar refractivity (Wildman–Crippen MR) is 132 cm³/mol. The van der Waals surface area contributed by atoms with Gasteiger partial charge in [0.15, 0.2) is 0 Å². The molecule has 8 heteroatoms. The summed E-state index contributed by atoms with van der Waals surface area (Å²) >= 11 is 6.62. The van der Waals surface area contributed by atoms with Crippen molar-refractivity contribution in [1.29, 1.82) is 0 Å². The first kappa shape index (κ1) is 23.7. The van der Waals surface area contributed by atoms with Crippen molar-refractivity contribution in [2.75, 3.05) is 6.54 Å². The molecule has 0 aliphatic carbocycles. The summed E-state index contributed by atoms with van der Waals surface area (Å²) in [4.78, 5) is 38.9. The fraction of sp³-hybridized carbons (Fsp3) is 0.250. The molecule has 3 rings (SSSR count). The normalized spacial score (nSPS) is 14.7. The maximum Gasteiger partial charge on any atom is 0.269 e. The van der Waals surface area contributed by atoms with Crippen molar-refractivity contribution >= 4 is 52.1 Å². The highest BCUT2D eigenvalue weighted by atomic mass is 32.2. The van der Waals surface area contributed by atoms with E-state index in [1.165, 1.54) is 22.2 Å². The van der Waals surface area contributed by atoms with Gasteiger partial charge in [-0.3, -0.25) is 30.1 Å². The molecule has 2 aromatic carbocycles. The minimum Gasteiger partial charge on any atom is -0.293 e. The summed E-state index contributed by atoms with van der Waals surface area (Å²) in [6.07, 6.45) is 3.39. The van der Waals surface area contributed by atoms with E-state index in [0.29, 0.717) is 27.8 Å². The SMILES string of the molecule is CCc1ccc(C=C2SC(=S)N(CCCC(=O)NNC(=O)c3ccc(C)cc3)C2=O)cc1. The van der Waals surface area contributed by atoms with Crippen molar-refractivity contribution in [3.8, 4) is 0 Å². The van der Waals surface area contributed by atoms with Crippen LogP contribution in [0.5, 0.6) is 0 Å². The Hall–Kier alpha value is -2.97. The molecule has 1 aliphatic heterocycles. The monoisotopic (exact) mass is 467 g/mol. The van der Waals surface area contributed by atoms with E-state index in [2.05, 4.69) is 17.8 Å². The lowest BCUT2D eigenvalue weighted by atomic mass is 10.1. The quantitative estimate of drug-likeness (QED) is 0.366. The fourth-order valence-corrected chi connectivity index (χ4v) is 4.37. The van der Waals surface area contributed by atoms with E-state index >= 15 is 0 Å². The molecular formula is C24H25N3O3S2. The van der Waals surface area contributed by atoms with Crippen molar-refractivity contribution in [3.05, 3.63) is 75.7 Å². The van der Waals surface area contributed by atoms with Gasteiger partial charge < -0.3 is 0 Å². The second kappa shape index (κ2) is 11.1. The van der Waals surface area contributed by atoms with Crippen molar-refractivity contribution < 1.29 is 14.4 Å². The molecule has 32 heavy (non-hydrogen) atoms. The molecule has 0 bridgehead atoms. The van der Waals surface area contributed by atoms with Gasteiger partial charge in [0, 0.05) is 18.5 Å². The summed E-state index contributed by atoms with van der Waals surface area (Å²) in [6.45, 7) is 4.37. The maximum absolute atomic E-state index is 12.7. The van der Waals surface area contributed by atoms with Crippen molar-refractivity contribution in [1.82, 2.24) is 15.8 Å². The minimum atomic E-state index is -0.382. The summed E-state index contributed by atoms with van der Waals surface area (Å²) in [5.41, 5.74) is 8.50. The van der Waals surface area contributed by atoms with E-state index in [-0.39, 0.29) is 24.1 Å². The fourth-order valence-electron chi connectivity index (χ4n) is 3.06. The summed E-state index contributed by atoms with van der Waals surface area (Å²) in [5, 5.41) is 0. The van der Waals surface area contributed by atoms with Crippen LogP contribution in [0.2, 0.25) is 0 Å². The topological polar surface area (TPSA) is 78.5 Å². The summed E-state index contributed by atoms with van der Waals surface area (Å²) in [5.74, 6) is -0.859. The van der Waals surface area contributed by atoms with Gasteiger partial charge in [0.05, 0.1) is 4.91 Å². The van der Waals surface area contributed by atoms with Crippen molar-refractivity contribution in [2.45, 2.75) is 33.1 Å². The number of benzene rings is 2. The number of amides is 3. The lowest BCUT2D eigenvalue weighted by Crippen LogP contribution is -2.41. The van der Waals surface area contributed by atoms with Crippen LogP contribution in [-0.4, -0.2) is 33.5 Å². The number of thioether (sulfide) groups is 1. The van der Waals surface area contributed by atoms with E-state index in [9.17, 15) is 14.4 Å². The molecule has 0 spiro atoms. The lowest BCUT2D eigenvalue weighted by Gasteiger charge is -2.14. The Balaban J connectivity index is 1.45. The van der Waals surface area contributed by atoms with Crippen LogP contribution < -0.4 is 10.9 Å². The Morgan fingerprint density at radius 2 is 1.75 bits per heavy atom. The van der Waals surface area contributed by atoms with Gasteiger partial charge in [-0.25, -0.2) is 0 Å². The van der Waals surface area contributed by atoms with Gasteiger partial charge in [-0.05, 0) is 49.1 Å². The molecule has 0 saturated carbocycles. The first-order valence-electron chi connectivity index (χ1n) is 10.4. The summed E-state index contributed by atoms with van der Waals surface area (Å²) in [6, 6.07) is 15.1. The molecule has 6 nitrogen and oxygen atoms in total. The highest BCUT2D eigenvalue weighted by Gasteiger charge is 2.31. The largest absolute Gasteiger partial charge is 0.293 e. The second-order valence-corrected chi connectivity index (χ2v) is 9.08. The zero-order valence-corrected chi connectivity index (χ0v) is 19.6. The van der Waals surface area contributed by atoms with Gasteiger partial charge in [0.2, 0.25) is 5.91 Å². The first-order chi connectivity index (χ1) is 15.4. The molecule has 0 unspecified atom stereocenters. The highest BCUT2D eigenvalue weighted by Crippen LogP contribution is 2.32. The molecule has 3 amide bonds. The molecule has 1 fully saturated rings. The van der Waals surface area contributed by atoms with Gasteiger partial charge in [-0.15, -0.1) is 0 Å². The first-order valence-corrected chi connectivity index (χ1v) is 11.6. The zero-order valence-electron chi connectivity index (χ0n) is 18.0. The average molecular weight is 468 g/mol. The third kappa shape index (κ3) is 6.27. The van der Waals surface area contributed by atoms with Gasteiger partial charge in [0.1, 0.15) is 4.32 Å². The Morgan fingerprint density at radius 3 is 2.41 bits per heavy atom. The zero-order chi connectivity index (χ0) is 23.1. The summed E-state index contributed by atoms with van der Waals surface area (Å²) < 4.78 is 0.486. The number of hydrazine groups is 1. The van der Waals surface area contributed by atoms with Crippen LogP contribution in [0.1, 0.15) is 46.8 Å². The van der Waals surface area contributed by atoms with Gasteiger partial charge in [-0.2, -0.15) is 0 Å². The van der Waals surface area contributed by atoms with Gasteiger partial charge >= 0.3 is 0 Å². The van der Waals surface area contributed by atoms with Gasteiger partial charge in [-0.1, -0.05) is 72.9 Å². The molecule has 1 aliphatic rings. The highest BCUT2D eigenvalue weighted by molar-refractivity contribution is 8.26. The smallest absolute Gasteiger partial charge is 0.269 e. The van der Waals surface area contributed by atoms with E-state index < -0.39 is 0 Å². The van der Waals surface area contributed by atoms with E-state index in [0.717, 1.165) is 17.5 Å². The Morgan fingerprint density at radius 1 is 1.06 bits per heavy atom. The Kier molecular flexibility index (Phi) is 8.19. The minimum absolute atomic E-state index is 0.146. The van der Waals surface area contributed by atoms with Crippen LogP contribution >= 0.6 is 24.0 Å². The van der Waals surface area contributed by atoms with E-state index in [1.807, 2.05) is 49.4 Å². The molecule has 0 aromatic heterocycles. The Bertz CT molecular complexity index is 1050. The third-order valence-corrected chi connectivity index (χ3v) is 6.35. The molecule has 2 aromatic rings. The molecule has 1 heterocycles. The Labute approximate surface area is 197 Å². The second-order valence-electron chi connectivity index (χ2n) is 7.40. The maximum atomic E-state index is 12.7. The van der Waals surface area contributed by atoms with E-state index in [1.54, 1.807) is 12.1 Å². The number of nitrogens with zero attached hydrogens (tertiary/aromatic N) is 1. The molecule has 1 saturated heterocycles. The number of carbonyl (C=O) groups is 3. The van der Waals surface area contributed by atoms with Crippen molar-refractivity contribution in [2.24, 2.45) is 0 Å². The average Bonchev–Trinajstić information content (AvgIpc) is 3.05. The third-order valence-electron chi connectivity index (χ3n) is 4.97. The number of carbonyl (C=O) groups excluding carboxylic acids is 3. The van der Waals surface area contributed by atoms with Gasteiger partial charge in [0.25, 0.3) is 11.8 Å². The number of hydrogen-bond acceptors (Lipinski definition) is 5. The molecule has 166 valence electrons. The van der Waals surface area contributed by atoms with E-state index in [4.69, 9.17) is 12.2 Å². The molecule has 0 radical (unpaired) electrons. The van der Waals surface area contributed by atoms with Crippen LogP contribution in [0.25, 0.3) is 6.08 Å². The number of hydrogen-bond donors (Lipinski definition) is 2. The number of rotatable bonds is 7. The lowest BCUT2D eigenvalue weighted by molar-refractivity contribution is -0.124. The summed E-state index contributed by atoms with van der Waals surface area (Å²) in [7, 11) is 0. The standard InChI is InChI=1S/C24H25N3O3S2/c1-3-17-8-10-18(11-9-17)15-20-23(30)27(24(31)32-20)14-4-5-21(28)25-26-22(29)19-12-6-16(2)7-13-19/h6-13,15H,3-5,14H2,1-2H3,(H,25,28)(H,26,29). The van der Waals surface area contributed by atoms with Crippen LogP contribution in [0, 0.1) is 6.92 Å². The van der Waals surface area contributed by atoms with Crippen molar-refractivity contribution in [3.63, 3.8) is 0 Å². The molecular weight excluding hydrogens is 442 g/mol. The van der Waals surface area contributed by atoms with Crippen LogP contribution in [-0.2, 0) is 16.0 Å². The molecule has 0 atom stereocenters. The number of nitrogens with one attached hydrogen (secondary N) is 2. The van der Waals surface area contributed by atoms with Crippen LogP contribution in [0.3, 0.4) is 0 Å². The van der Waals surface area contributed by atoms with Crippen LogP contribution in [0.15, 0.2) is 53.4 Å². The predicted octanol–water partition coefficient (Wildman–Crippen LogP) is 4.00. The molecule has 2 N–H and O–H groups in total.